The molecule has 0 aliphatic rings. The van der Waals surface area contributed by atoms with E-state index < -0.39 is 29.0 Å². The molecule has 0 heterocycles. The van der Waals surface area contributed by atoms with E-state index in [2.05, 4.69) is 0 Å². The van der Waals surface area contributed by atoms with Gasteiger partial charge in [0.1, 0.15) is 5.60 Å². The van der Waals surface area contributed by atoms with Crippen LogP contribution in [0.1, 0.15) is 27.2 Å². The summed E-state index contributed by atoms with van der Waals surface area (Å²) >= 11 is 0. The van der Waals surface area contributed by atoms with E-state index in [1.165, 1.54) is 6.92 Å². The number of carbonyl (C=O) groups is 1. The van der Waals surface area contributed by atoms with E-state index in [-0.39, 0.29) is 6.61 Å². The van der Waals surface area contributed by atoms with Crippen LogP contribution in [0.3, 0.4) is 0 Å². The summed E-state index contributed by atoms with van der Waals surface area (Å²) in [5, 5.41) is 20.1. The maximum atomic E-state index is 11.4. The van der Waals surface area contributed by atoms with Crippen LogP contribution in [-0.2, 0) is 9.53 Å². The zero-order valence-corrected chi connectivity index (χ0v) is 9.23. The number of rotatable bonds is 6. The Hall–Kier alpha value is -1.17. The van der Waals surface area contributed by atoms with Crippen molar-refractivity contribution >= 4 is 5.97 Å². The Morgan fingerprint density at radius 2 is 2.13 bits per heavy atom. The predicted molar refractivity (Wildman–Crippen MR) is 52.9 cm³/mol. The van der Waals surface area contributed by atoms with E-state index >= 15 is 0 Å². The van der Waals surface area contributed by atoms with Crippen LogP contribution >= 0.6 is 0 Å². The summed E-state index contributed by atoms with van der Waals surface area (Å²) in [7, 11) is 0. The van der Waals surface area contributed by atoms with E-state index in [4.69, 9.17) is 4.74 Å². The molecule has 88 valence electrons. The molecule has 6 heteroatoms. The molecule has 0 radical (unpaired) electrons. The number of esters is 1. The van der Waals surface area contributed by atoms with Gasteiger partial charge < -0.3 is 9.84 Å². The minimum absolute atomic E-state index is 0.198. The Morgan fingerprint density at radius 3 is 2.47 bits per heavy atom. The summed E-state index contributed by atoms with van der Waals surface area (Å²) in [5.41, 5.74) is -1.66. The maximum Gasteiger partial charge on any atom is 0.312 e. The first-order valence-corrected chi connectivity index (χ1v) is 4.86. The molecule has 0 bridgehead atoms. The summed E-state index contributed by atoms with van der Waals surface area (Å²) in [5.74, 6) is -1.45. The van der Waals surface area contributed by atoms with Gasteiger partial charge in [-0.15, -0.1) is 0 Å². The molecule has 2 unspecified atom stereocenters. The summed E-state index contributed by atoms with van der Waals surface area (Å²) in [6, 6.07) is 0. The highest BCUT2D eigenvalue weighted by Gasteiger charge is 2.41. The Kier molecular flexibility index (Phi) is 5.21. The van der Waals surface area contributed by atoms with Gasteiger partial charge in [-0.2, -0.15) is 0 Å². The van der Waals surface area contributed by atoms with Crippen LogP contribution in [0.5, 0.6) is 0 Å². The van der Waals surface area contributed by atoms with Gasteiger partial charge in [0.05, 0.1) is 12.5 Å². The highest BCUT2D eigenvalue weighted by molar-refractivity contribution is 5.73. The lowest BCUT2D eigenvalue weighted by Crippen LogP contribution is -2.45. The van der Waals surface area contributed by atoms with Gasteiger partial charge in [-0.25, -0.2) is 0 Å². The monoisotopic (exact) mass is 219 g/mol. The van der Waals surface area contributed by atoms with Crippen LogP contribution in [-0.4, -0.2) is 34.8 Å². The van der Waals surface area contributed by atoms with Crippen LogP contribution in [0, 0.1) is 16.0 Å². The van der Waals surface area contributed by atoms with Crippen molar-refractivity contribution in [1.29, 1.82) is 0 Å². The number of hydrogen-bond donors (Lipinski definition) is 1. The number of nitro groups is 1. The van der Waals surface area contributed by atoms with Gasteiger partial charge in [0.15, 0.2) is 0 Å². The quantitative estimate of drug-likeness (QED) is 0.401. The van der Waals surface area contributed by atoms with Gasteiger partial charge in [0.2, 0.25) is 6.54 Å². The fourth-order valence-corrected chi connectivity index (χ4v) is 1.47. The van der Waals surface area contributed by atoms with Crippen molar-refractivity contribution in [2.24, 2.45) is 5.92 Å². The molecular weight excluding hydrogens is 202 g/mol. The SMILES string of the molecule is CCOC(=O)C(CC)C(C)(O)C[N+](=O)[O-]. The lowest BCUT2D eigenvalue weighted by atomic mass is 9.87. The number of nitrogens with zero attached hydrogens (tertiary/aromatic N) is 1. The molecule has 0 amide bonds. The standard InChI is InChI=1S/C9H17NO5/c1-4-7(8(11)15-5-2)9(3,12)6-10(13)14/h7,12H,4-6H2,1-3H3. The van der Waals surface area contributed by atoms with Crippen molar-refractivity contribution in [2.45, 2.75) is 32.8 Å². The maximum absolute atomic E-state index is 11.4. The number of hydrogen-bond acceptors (Lipinski definition) is 5. The Balaban J connectivity index is 4.63. The van der Waals surface area contributed by atoms with Gasteiger partial charge in [-0.05, 0) is 20.3 Å². The Morgan fingerprint density at radius 1 is 1.60 bits per heavy atom. The lowest BCUT2D eigenvalue weighted by molar-refractivity contribution is -0.501. The van der Waals surface area contributed by atoms with Crippen molar-refractivity contribution in [3.63, 3.8) is 0 Å². The average molecular weight is 219 g/mol. The van der Waals surface area contributed by atoms with E-state index in [1.54, 1.807) is 13.8 Å². The second-order valence-electron chi connectivity index (χ2n) is 3.56. The molecule has 0 aromatic heterocycles. The Labute approximate surface area is 88.4 Å². The topological polar surface area (TPSA) is 89.7 Å². The number of ether oxygens (including phenoxy) is 1. The van der Waals surface area contributed by atoms with E-state index in [1.807, 2.05) is 0 Å². The van der Waals surface area contributed by atoms with E-state index in [0.29, 0.717) is 6.42 Å². The molecule has 0 saturated heterocycles. The zero-order chi connectivity index (χ0) is 12.1. The molecule has 0 aromatic carbocycles. The Bertz CT molecular complexity index is 239. The van der Waals surface area contributed by atoms with Gasteiger partial charge >= 0.3 is 5.97 Å². The third-order valence-corrected chi connectivity index (χ3v) is 2.18. The fraction of sp³-hybridized carbons (Fsp3) is 0.889. The molecule has 0 fully saturated rings. The summed E-state index contributed by atoms with van der Waals surface area (Å²) < 4.78 is 4.74. The lowest BCUT2D eigenvalue weighted by Gasteiger charge is -2.26. The molecule has 0 saturated carbocycles. The molecule has 0 rings (SSSR count). The third-order valence-electron chi connectivity index (χ3n) is 2.18. The van der Waals surface area contributed by atoms with Gasteiger partial charge in [-0.3, -0.25) is 14.9 Å². The highest BCUT2D eigenvalue weighted by atomic mass is 16.6. The zero-order valence-electron chi connectivity index (χ0n) is 9.23. The van der Waals surface area contributed by atoms with Crippen molar-refractivity contribution in [2.75, 3.05) is 13.2 Å². The molecule has 1 N–H and O–H groups in total. The third kappa shape index (κ3) is 4.24. The molecule has 0 aromatic rings. The van der Waals surface area contributed by atoms with Crippen LogP contribution < -0.4 is 0 Å². The molecule has 0 spiro atoms. The second-order valence-corrected chi connectivity index (χ2v) is 3.56. The molecule has 2 atom stereocenters. The highest BCUT2D eigenvalue weighted by Crippen LogP contribution is 2.22. The van der Waals surface area contributed by atoms with Gasteiger partial charge in [-0.1, -0.05) is 6.92 Å². The first-order valence-electron chi connectivity index (χ1n) is 4.86. The first-order chi connectivity index (χ1) is 6.85. The normalized spacial score (nSPS) is 16.5. The fourth-order valence-electron chi connectivity index (χ4n) is 1.47. The van der Waals surface area contributed by atoms with Gasteiger partial charge in [0.25, 0.3) is 0 Å². The minimum atomic E-state index is -1.66. The first kappa shape index (κ1) is 13.8. The number of aliphatic hydroxyl groups is 1. The van der Waals surface area contributed by atoms with E-state index in [9.17, 15) is 20.0 Å². The number of carbonyl (C=O) groups excluding carboxylic acids is 1. The molecule has 6 nitrogen and oxygen atoms in total. The van der Waals surface area contributed by atoms with Crippen molar-refractivity contribution in [3.8, 4) is 0 Å². The van der Waals surface area contributed by atoms with Gasteiger partial charge in [0, 0.05) is 4.92 Å². The summed E-state index contributed by atoms with van der Waals surface area (Å²) in [6.07, 6.45) is 0.305. The molecule has 0 aliphatic carbocycles. The van der Waals surface area contributed by atoms with Crippen molar-refractivity contribution in [3.05, 3.63) is 10.1 Å². The summed E-state index contributed by atoms with van der Waals surface area (Å²) in [4.78, 5) is 21.1. The molecule has 0 aliphatic heterocycles. The minimum Gasteiger partial charge on any atom is -0.466 e. The smallest absolute Gasteiger partial charge is 0.312 e. The van der Waals surface area contributed by atoms with Crippen molar-refractivity contribution < 1.29 is 19.6 Å². The summed E-state index contributed by atoms with van der Waals surface area (Å²) in [6.45, 7) is 4.14. The molecule has 15 heavy (non-hydrogen) atoms. The second kappa shape index (κ2) is 5.65. The van der Waals surface area contributed by atoms with Crippen molar-refractivity contribution in [1.82, 2.24) is 0 Å². The average Bonchev–Trinajstić information content (AvgIpc) is 2.01. The van der Waals surface area contributed by atoms with Crippen LogP contribution in [0.25, 0.3) is 0 Å². The van der Waals surface area contributed by atoms with Crippen LogP contribution in [0.15, 0.2) is 0 Å². The van der Waals surface area contributed by atoms with E-state index in [0.717, 1.165) is 0 Å². The molecular formula is C9H17NO5. The van der Waals surface area contributed by atoms with Crippen LogP contribution in [0.4, 0.5) is 0 Å². The largest absolute Gasteiger partial charge is 0.466 e. The van der Waals surface area contributed by atoms with Crippen LogP contribution in [0.2, 0.25) is 0 Å². The predicted octanol–water partition coefficient (Wildman–Crippen LogP) is 0.603.